The molecule has 0 saturated carbocycles. The van der Waals surface area contributed by atoms with Gasteiger partial charge in [-0.1, -0.05) is 82.1 Å². The van der Waals surface area contributed by atoms with Gasteiger partial charge in [-0.05, 0) is 30.2 Å². The minimum Gasteiger partial charge on any atom is -0.315 e. The highest BCUT2D eigenvalue weighted by Gasteiger charge is 2.24. The van der Waals surface area contributed by atoms with Gasteiger partial charge in [0.2, 0.25) is 5.91 Å². The van der Waals surface area contributed by atoms with Crippen molar-refractivity contribution in [3.8, 4) is 5.69 Å². The van der Waals surface area contributed by atoms with Gasteiger partial charge in [0, 0.05) is 18.0 Å². The molecule has 3 rings (SSSR count). The quantitative estimate of drug-likeness (QED) is 0.371. The summed E-state index contributed by atoms with van der Waals surface area (Å²) in [6, 6.07) is 16.0. The lowest BCUT2D eigenvalue weighted by Gasteiger charge is -2.24. The summed E-state index contributed by atoms with van der Waals surface area (Å²) < 4.78 is 1.71. The first kappa shape index (κ1) is 26.6. The average Bonchev–Trinajstić information content (AvgIpc) is 3.21. The van der Waals surface area contributed by atoms with Crippen LogP contribution in [0.25, 0.3) is 5.69 Å². The summed E-state index contributed by atoms with van der Waals surface area (Å²) in [6.07, 6.45) is 0. The van der Waals surface area contributed by atoms with E-state index in [1.54, 1.807) is 22.9 Å². The highest BCUT2D eigenvalue weighted by atomic mass is 35.5. The lowest BCUT2D eigenvalue weighted by molar-refractivity contribution is -0.116. The summed E-state index contributed by atoms with van der Waals surface area (Å²) >= 11 is 12.3. The number of nitrogens with one attached hydrogen (secondary N) is 2. The monoisotopic (exact) mass is 515 g/mol. The molecule has 2 aromatic carbocycles. The molecule has 0 spiro atoms. The molecule has 2 N–H and O–H groups in total. The molecule has 0 saturated heterocycles. The third kappa shape index (κ3) is 6.99. The van der Waals surface area contributed by atoms with Crippen molar-refractivity contribution in [2.45, 2.75) is 40.0 Å². The van der Waals surface area contributed by atoms with Crippen molar-refractivity contribution < 1.29 is 9.59 Å². The summed E-state index contributed by atoms with van der Waals surface area (Å²) in [7, 11) is 0. The first-order valence-electron chi connectivity index (χ1n) is 11.4. The maximum atomic E-state index is 13.1. The lowest BCUT2D eigenvalue weighted by Crippen LogP contribution is -2.42. The number of hydrogen-bond donors (Lipinski definition) is 2. The zero-order valence-corrected chi connectivity index (χ0v) is 22.1. The van der Waals surface area contributed by atoms with E-state index >= 15 is 0 Å². The first-order valence-corrected chi connectivity index (χ1v) is 12.2. The fraction of sp³-hybridized carbons (Fsp3) is 0.346. The minimum atomic E-state index is -0.440. The van der Waals surface area contributed by atoms with E-state index in [0.717, 1.165) is 11.4 Å². The minimum absolute atomic E-state index is 0.144. The van der Waals surface area contributed by atoms with Gasteiger partial charge in [0.05, 0.1) is 27.1 Å². The Morgan fingerprint density at radius 1 is 1.03 bits per heavy atom. The summed E-state index contributed by atoms with van der Waals surface area (Å²) in [4.78, 5) is 27.6. The van der Waals surface area contributed by atoms with E-state index in [1.807, 2.05) is 50.2 Å². The van der Waals surface area contributed by atoms with Gasteiger partial charge in [0.15, 0.2) is 0 Å². The van der Waals surface area contributed by atoms with Crippen LogP contribution in [0.15, 0.2) is 54.6 Å². The Kier molecular flexibility index (Phi) is 8.46. The van der Waals surface area contributed by atoms with Crippen molar-refractivity contribution in [2.75, 3.05) is 23.7 Å². The Morgan fingerprint density at radius 3 is 2.34 bits per heavy atom. The molecule has 0 radical (unpaired) electrons. The Labute approximate surface area is 216 Å². The maximum Gasteiger partial charge on any atom is 0.322 e. The van der Waals surface area contributed by atoms with Gasteiger partial charge in [0.1, 0.15) is 12.4 Å². The van der Waals surface area contributed by atoms with Crippen LogP contribution < -0.4 is 10.6 Å². The van der Waals surface area contributed by atoms with Crippen molar-refractivity contribution in [3.63, 3.8) is 0 Å². The molecule has 7 nitrogen and oxygen atoms in total. The molecule has 0 atom stereocenters. The molecule has 3 aromatic rings. The number of benzene rings is 2. The van der Waals surface area contributed by atoms with Crippen LogP contribution >= 0.6 is 23.2 Å². The number of nitrogens with zero attached hydrogens (tertiary/aromatic N) is 3. The van der Waals surface area contributed by atoms with Gasteiger partial charge in [-0.25, -0.2) is 9.48 Å². The second-order valence-corrected chi connectivity index (χ2v) is 10.6. The number of para-hydroxylation sites is 1. The summed E-state index contributed by atoms with van der Waals surface area (Å²) in [5.74, 6) is 0.343. The van der Waals surface area contributed by atoms with Crippen molar-refractivity contribution in [3.05, 3.63) is 70.3 Å². The van der Waals surface area contributed by atoms with Gasteiger partial charge >= 0.3 is 6.03 Å². The molecule has 0 fully saturated rings. The zero-order chi connectivity index (χ0) is 25.8. The van der Waals surface area contributed by atoms with Gasteiger partial charge in [-0.3, -0.25) is 4.79 Å². The van der Waals surface area contributed by atoms with Crippen LogP contribution in [0.3, 0.4) is 0 Å². The Hall–Kier alpha value is -3.03. The predicted molar refractivity (Wildman–Crippen MR) is 143 cm³/mol. The highest BCUT2D eigenvalue weighted by molar-refractivity contribution is 6.43. The topological polar surface area (TPSA) is 79.3 Å². The Morgan fingerprint density at radius 2 is 1.71 bits per heavy atom. The lowest BCUT2D eigenvalue weighted by atomic mass is 9.92. The number of carbonyl (C=O) groups excluding carboxylic acids is 2. The van der Waals surface area contributed by atoms with E-state index < -0.39 is 6.03 Å². The van der Waals surface area contributed by atoms with Crippen LogP contribution in [0.2, 0.25) is 10.0 Å². The summed E-state index contributed by atoms with van der Waals surface area (Å²) in [6.45, 7) is 10.4. The van der Waals surface area contributed by atoms with E-state index in [9.17, 15) is 9.59 Å². The fourth-order valence-electron chi connectivity index (χ4n) is 3.41. The smallest absolute Gasteiger partial charge is 0.315 e. The number of hydrogen-bond acceptors (Lipinski definition) is 3. The normalized spacial score (nSPS) is 11.4. The van der Waals surface area contributed by atoms with Crippen LogP contribution in [0.5, 0.6) is 0 Å². The average molecular weight is 516 g/mol. The molecule has 1 aromatic heterocycles. The molecule has 3 amide bonds. The van der Waals surface area contributed by atoms with Gasteiger partial charge in [-0.2, -0.15) is 5.10 Å². The van der Waals surface area contributed by atoms with Crippen molar-refractivity contribution in [1.82, 2.24) is 14.7 Å². The number of rotatable bonds is 7. The maximum absolute atomic E-state index is 13.1. The third-order valence-electron chi connectivity index (χ3n) is 5.15. The standard InChI is InChI=1S/C26H31Cl2N5O2/c1-17(2)15-32(25(35)29-20-13-9-12-19(27)24(20)28)16-23(34)30-22-14-21(26(3,4)5)31-33(22)18-10-7-6-8-11-18/h6-14,17H,15-16H2,1-5H3,(H,29,35)(H,30,34). The van der Waals surface area contributed by atoms with E-state index in [-0.39, 0.29) is 28.8 Å². The van der Waals surface area contributed by atoms with Crippen LogP contribution in [0, 0.1) is 5.92 Å². The first-order chi connectivity index (χ1) is 16.5. The number of halogens is 2. The molecule has 0 aliphatic rings. The fourth-order valence-corrected chi connectivity index (χ4v) is 3.76. The second-order valence-electron chi connectivity index (χ2n) is 9.77. The highest BCUT2D eigenvalue weighted by Crippen LogP contribution is 2.30. The molecular formula is C26H31Cl2N5O2. The van der Waals surface area contributed by atoms with Crippen LogP contribution in [-0.2, 0) is 10.2 Å². The molecule has 9 heteroatoms. The molecule has 1 heterocycles. The molecular weight excluding hydrogens is 485 g/mol. The molecule has 0 unspecified atom stereocenters. The predicted octanol–water partition coefficient (Wildman–Crippen LogP) is 6.61. The number of aromatic nitrogens is 2. The number of anilines is 2. The SMILES string of the molecule is CC(C)CN(CC(=O)Nc1cc(C(C)(C)C)nn1-c1ccccc1)C(=O)Nc1cccc(Cl)c1Cl. The molecule has 0 aliphatic heterocycles. The molecule has 35 heavy (non-hydrogen) atoms. The van der Waals surface area contributed by atoms with Gasteiger partial charge < -0.3 is 15.5 Å². The van der Waals surface area contributed by atoms with E-state index in [0.29, 0.717) is 23.1 Å². The number of carbonyl (C=O) groups is 2. The molecule has 0 bridgehead atoms. The van der Waals surface area contributed by atoms with Crippen LogP contribution in [0.1, 0.15) is 40.3 Å². The van der Waals surface area contributed by atoms with E-state index in [2.05, 4.69) is 31.4 Å². The summed E-state index contributed by atoms with van der Waals surface area (Å²) in [5, 5.41) is 11.0. The number of urea groups is 1. The summed E-state index contributed by atoms with van der Waals surface area (Å²) in [5.41, 5.74) is 1.84. The van der Waals surface area contributed by atoms with Gasteiger partial charge in [0.25, 0.3) is 0 Å². The van der Waals surface area contributed by atoms with Crippen LogP contribution in [0.4, 0.5) is 16.3 Å². The number of amides is 3. The van der Waals surface area contributed by atoms with Gasteiger partial charge in [-0.15, -0.1) is 0 Å². The Bertz CT molecular complexity index is 1190. The molecule has 0 aliphatic carbocycles. The second kappa shape index (κ2) is 11.1. The third-order valence-corrected chi connectivity index (χ3v) is 5.97. The van der Waals surface area contributed by atoms with E-state index in [4.69, 9.17) is 28.3 Å². The molecule has 186 valence electrons. The van der Waals surface area contributed by atoms with Crippen LogP contribution in [-0.4, -0.2) is 39.7 Å². The Balaban J connectivity index is 1.81. The van der Waals surface area contributed by atoms with E-state index in [1.165, 1.54) is 4.90 Å². The zero-order valence-electron chi connectivity index (χ0n) is 20.6. The van der Waals surface area contributed by atoms with Crippen molar-refractivity contribution in [2.24, 2.45) is 5.92 Å². The van der Waals surface area contributed by atoms with Crippen molar-refractivity contribution >= 4 is 46.6 Å². The largest absolute Gasteiger partial charge is 0.322 e. The van der Waals surface area contributed by atoms with Crippen molar-refractivity contribution in [1.29, 1.82) is 0 Å².